The van der Waals surface area contributed by atoms with Crippen LogP contribution in [-0.2, 0) is 17.9 Å². The maximum absolute atomic E-state index is 13.5. The van der Waals surface area contributed by atoms with Gasteiger partial charge in [-0.3, -0.25) is 0 Å². The van der Waals surface area contributed by atoms with Gasteiger partial charge in [-0.2, -0.15) is 5.10 Å². The summed E-state index contributed by atoms with van der Waals surface area (Å²) in [6.45, 7) is 8.01. The zero-order chi connectivity index (χ0) is 15.5. The van der Waals surface area contributed by atoms with Crippen LogP contribution in [0.25, 0.3) is 10.9 Å². The molecule has 0 saturated heterocycles. The number of fused-ring (bicyclic) bond motifs is 1. The van der Waals surface area contributed by atoms with E-state index >= 15 is 0 Å². The van der Waals surface area contributed by atoms with Crippen molar-refractivity contribution in [3.8, 4) is 0 Å². The summed E-state index contributed by atoms with van der Waals surface area (Å²) in [7, 11) is -1.09. The molecular formula is C15H23FN2O2Si. The molecule has 21 heavy (non-hydrogen) atoms. The molecule has 4 nitrogen and oxygen atoms in total. The van der Waals surface area contributed by atoms with E-state index in [4.69, 9.17) is 9.84 Å². The van der Waals surface area contributed by atoms with Crippen LogP contribution in [0.4, 0.5) is 4.39 Å². The number of nitrogens with zero attached hydrogens (tertiary/aromatic N) is 2. The Kier molecular flexibility index (Phi) is 5.13. The van der Waals surface area contributed by atoms with Crippen LogP contribution in [0.1, 0.15) is 5.56 Å². The summed E-state index contributed by atoms with van der Waals surface area (Å²) < 4.78 is 20.9. The average molecular weight is 310 g/mol. The molecule has 0 atom stereocenters. The van der Waals surface area contributed by atoms with E-state index in [-0.39, 0.29) is 12.4 Å². The Hall–Kier alpha value is -1.24. The number of hydrogen-bond acceptors (Lipinski definition) is 3. The summed E-state index contributed by atoms with van der Waals surface area (Å²) >= 11 is 0. The highest BCUT2D eigenvalue weighted by molar-refractivity contribution is 6.76. The van der Waals surface area contributed by atoms with Gasteiger partial charge in [0.15, 0.2) is 0 Å². The summed E-state index contributed by atoms with van der Waals surface area (Å²) in [5, 5.41) is 14.2. The summed E-state index contributed by atoms with van der Waals surface area (Å²) in [6, 6.07) is 4.00. The predicted molar refractivity (Wildman–Crippen MR) is 84.6 cm³/mol. The number of aliphatic hydroxyl groups is 1. The Labute approximate surface area is 125 Å². The van der Waals surface area contributed by atoms with Crippen molar-refractivity contribution in [3.05, 3.63) is 29.7 Å². The number of aliphatic hydroxyl groups excluding tert-OH is 1. The molecule has 0 saturated carbocycles. The fourth-order valence-electron chi connectivity index (χ4n) is 2.13. The summed E-state index contributed by atoms with van der Waals surface area (Å²) in [5.41, 5.74) is 1.47. The molecule has 6 heteroatoms. The van der Waals surface area contributed by atoms with E-state index in [2.05, 4.69) is 24.7 Å². The fourth-order valence-corrected chi connectivity index (χ4v) is 2.89. The lowest BCUT2D eigenvalue weighted by atomic mass is 10.1. The second-order valence-corrected chi connectivity index (χ2v) is 12.1. The quantitative estimate of drug-likeness (QED) is 0.631. The van der Waals surface area contributed by atoms with Crippen molar-refractivity contribution >= 4 is 19.0 Å². The van der Waals surface area contributed by atoms with Crippen LogP contribution in [0.15, 0.2) is 18.3 Å². The molecule has 0 amide bonds. The Balaban J connectivity index is 2.06. The van der Waals surface area contributed by atoms with Crippen molar-refractivity contribution in [3.63, 3.8) is 0 Å². The van der Waals surface area contributed by atoms with Gasteiger partial charge >= 0.3 is 0 Å². The summed E-state index contributed by atoms with van der Waals surface area (Å²) in [4.78, 5) is 0. The lowest BCUT2D eigenvalue weighted by Crippen LogP contribution is -2.22. The Morgan fingerprint density at radius 2 is 2.10 bits per heavy atom. The van der Waals surface area contributed by atoms with Crippen LogP contribution in [0, 0.1) is 5.82 Å². The number of ether oxygens (including phenoxy) is 1. The zero-order valence-corrected chi connectivity index (χ0v) is 13.9. The number of halogens is 1. The highest BCUT2D eigenvalue weighted by Crippen LogP contribution is 2.20. The van der Waals surface area contributed by atoms with Crippen molar-refractivity contribution in [2.24, 2.45) is 0 Å². The molecule has 0 aliphatic carbocycles. The van der Waals surface area contributed by atoms with Gasteiger partial charge in [0.25, 0.3) is 0 Å². The van der Waals surface area contributed by atoms with Crippen molar-refractivity contribution in [2.45, 2.75) is 38.8 Å². The van der Waals surface area contributed by atoms with Crippen molar-refractivity contribution in [1.29, 1.82) is 0 Å². The number of hydrogen-bond donors (Lipinski definition) is 1. The maximum atomic E-state index is 13.5. The van der Waals surface area contributed by atoms with E-state index in [1.54, 1.807) is 10.9 Å². The molecule has 1 aromatic heterocycles. The Bertz CT molecular complexity index is 607. The van der Waals surface area contributed by atoms with Gasteiger partial charge in [0.05, 0.1) is 5.52 Å². The van der Waals surface area contributed by atoms with Crippen molar-refractivity contribution < 1.29 is 14.2 Å². The topological polar surface area (TPSA) is 47.3 Å². The van der Waals surface area contributed by atoms with Gasteiger partial charge < -0.3 is 9.84 Å². The Morgan fingerprint density at radius 3 is 2.76 bits per heavy atom. The normalized spacial score (nSPS) is 12.2. The van der Waals surface area contributed by atoms with Gasteiger partial charge in [0, 0.05) is 32.9 Å². The fraction of sp³-hybridized carbons (Fsp3) is 0.533. The van der Waals surface area contributed by atoms with E-state index in [1.165, 1.54) is 12.1 Å². The van der Waals surface area contributed by atoms with E-state index in [1.807, 2.05) is 0 Å². The number of aromatic nitrogens is 2. The van der Waals surface area contributed by atoms with Gasteiger partial charge in [-0.25, -0.2) is 9.07 Å². The van der Waals surface area contributed by atoms with Gasteiger partial charge in [0.1, 0.15) is 12.5 Å². The second-order valence-electron chi connectivity index (χ2n) is 6.49. The first kappa shape index (κ1) is 16.1. The molecule has 2 aromatic rings. The monoisotopic (exact) mass is 310 g/mol. The van der Waals surface area contributed by atoms with E-state index in [0.717, 1.165) is 29.1 Å². The first-order valence-corrected chi connectivity index (χ1v) is 10.9. The van der Waals surface area contributed by atoms with Gasteiger partial charge in [-0.1, -0.05) is 19.6 Å². The van der Waals surface area contributed by atoms with Gasteiger partial charge in [0.2, 0.25) is 0 Å². The first-order valence-electron chi connectivity index (χ1n) is 7.23. The molecule has 0 aliphatic heterocycles. The minimum Gasteiger partial charge on any atom is -0.396 e. The minimum atomic E-state index is -1.09. The third-order valence-corrected chi connectivity index (χ3v) is 5.00. The first-order chi connectivity index (χ1) is 9.89. The molecule has 0 unspecified atom stereocenters. The molecule has 2 rings (SSSR count). The molecule has 116 valence electrons. The lowest BCUT2D eigenvalue weighted by Gasteiger charge is -2.15. The van der Waals surface area contributed by atoms with Crippen LogP contribution in [0.2, 0.25) is 25.7 Å². The summed E-state index contributed by atoms with van der Waals surface area (Å²) in [5.74, 6) is -0.301. The molecule has 0 fully saturated rings. The predicted octanol–water partition coefficient (Wildman–Crippen LogP) is 3.02. The van der Waals surface area contributed by atoms with Gasteiger partial charge in [-0.15, -0.1) is 0 Å². The molecule has 0 aliphatic rings. The molecule has 0 bridgehead atoms. The minimum absolute atomic E-state index is 0.0157. The van der Waals surface area contributed by atoms with Crippen LogP contribution in [0.3, 0.4) is 0 Å². The Morgan fingerprint density at radius 1 is 1.33 bits per heavy atom. The highest BCUT2D eigenvalue weighted by Gasteiger charge is 2.12. The number of benzene rings is 1. The smallest absolute Gasteiger partial charge is 0.139 e. The summed E-state index contributed by atoms with van der Waals surface area (Å²) in [6.07, 6.45) is 2.19. The number of rotatable bonds is 7. The largest absolute Gasteiger partial charge is 0.396 e. The van der Waals surface area contributed by atoms with Crippen molar-refractivity contribution in [1.82, 2.24) is 9.78 Å². The molecule has 1 N–H and O–H groups in total. The van der Waals surface area contributed by atoms with Crippen LogP contribution in [-0.4, -0.2) is 36.2 Å². The SMILES string of the molecule is C[Si](C)(C)CCOCn1cc2cc(F)cc(CCO)c2n1. The maximum Gasteiger partial charge on any atom is 0.139 e. The van der Waals surface area contributed by atoms with Crippen LogP contribution >= 0.6 is 0 Å². The van der Waals surface area contributed by atoms with E-state index in [9.17, 15) is 4.39 Å². The third-order valence-electron chi connectivity index (χ3n) is 3.30. The highest BCUT2D eigenvalue weighted by atomic mass is 28.3. The molecule has 1 aromatic carbocycles. The molecular weight excluding hydrogens is 287 g/mol. The van der Waals surface area contributed by atoms with E-state index in [0.29, 0.717) is 13.2 Å². The molecule has 1 heterocycles. The van der Waals surface area contributed by atoms with E-state index < -0.39 is 8.07 Å². The van der Waals surface area contributed by atoms with Crippen LogP contribution in [0.5, 0.6) is 0 Å². The van der Waals surface area contributed by atoms with Crippen LogP contribution < -0.4 is 0 Å². The third kappa shape index (κ3) is 4.62. The standard InChI is InChI=1S/C15H23FN2O2Si/c1-21(2,3)7-6-20-11-18-10-13-9-14(16)8-12(4-5-19)15(13)17-18/h8-10,19H,4-7,11H2,1-3H3. The van der Waals surface area contributed by atoms with Crippen molar-refractivity contribution in [2.75, 3.05) is 13.2 Å². The van der Waals surface area contributed by atoms with Gasteiger partial charge in [-0.05, 0) is 30.2 Å². The average Bonchev–Trinajstić information content (AvgIpc) is 2.77. The second kappa shape index (κ2) is 6.68. The zero-order valence-electron chi connectivity index (χ0n) is 12.9. The molecule has 0 spiro atoms. The lowest BCUT2D eigenvalue weighted by molar-refractivity contribution is 0.0791. The molecule has 0 radical (unpaired) electrons.